The minimum atomic E-state index is -2.84. The van der Waals surface area contributed by atoms with Crippen LogP contribution in [0.3, 0.4) is 0 Å². The third-order valence-electron chi connectivity index (χ3n) is 0.698. The Morgan fingerprint density at radius 3 is 2.50 bits per heavy atom. The van der Waals surface area contributed by atoms with Crippen LogP contribution in [0, 0.1) is 0 Å². The summed E-state index contributed by atoms with van der Waals surface area (Å²) in [4.78, 5) is 8.29. The van der Waals surface area contributed by atoms with Gasteiger partial charge in [-0.05, 0) is 19.9 Å². The third kappa shape index (κ3) is 5.60. The predicted octanol–water partition coefficient (Wildman–Crippen LogP) is 1.86. The molecule has 0 aliphatic heterocycles. The molecule has 0 bridgehead atoms. The van der Waals surface area contributed by atoms with Crippen LogP contribution in [0.15, 0.2) is 24.0 Å². The topological polar surface area (TPSA) is 46.5 Å². The molecule has 10 heavy (non-hydrogen) atoms. The van der Waals surface area contributed by atoms with Crippen LogP contribution < -0.4 is 0 Å². The van der Waals surface area contributed by atoms with Crippen molar-refractivity contribution in [3.8, 4) is 0 Å². The summed E-state index contributed by atoms with van der Waals surface area (Å²) in [7, 11) is -2.84. The van der Waals surface area contributed by atoms with Crippen molar-refractivity contribution in [2.75, 3.05) is 0 Å². The van der Waals surface area contributed by atoms with E-state index in [0.29, 0.717) is 5.76 Å². The Morgan fingerprint density at radius 1 is 1.70 bits per heavy atom. The second-order valence-corrected chi connectivity index (χ2v) is 2.71. The second-order valence-electron chi connectivity index (χ2n) is 1.97. The SMILES string of the molecule is C=C(C)/C=C(/C)O[PH](=O)O. The fraction of sp³-hybridized carbons (Fsp3) is 0.333. The Morgan fingerprint density at radius 2 is 2.20 bits per heavy atom. The van der Waals surface area contributed by atoms with Gasteiger partial charge in [0.1, 0.15) is 5.76 Å². The first-order valence-electron chi connectivity index (χ1n) is 2.77. The van der Waals surface area contributed by atoms with Gasteiger partial charge in [0.25, 0.3) is 0 Å². The van der Waals surface area contributed by atoms with Gasteiger partial charge in [0.15, 0.2) is 0 Å². The fourth-order valence-corrected chi connectivity index (χ4v) is 0.849. The highest BCUT2D eigenvalue weighted by atomic mass is 31.1. The van der Waals surface area contributed by atoms with Crippen LogP contribution in [0.5, 0.6) is 0 Å². The molecule has 0 spiro atoms. The zero-order chi connectivity index (χ0) is 8.15. The van der Waals surface area contributed by atoms with Crippen molar-refractivity contribution in [3.63, 3.8) is 0 Å². The first-order valence-corrected chi connectivity index (χ1v) is 4.03. The molecule has 1 N–H and O–H groups in total. The van der Waals surface area contributed by atoms with E-state index >= 15 is 0 Å². The average molecular weight is 162 g/mol. The van der Waals surface area contributed by atoms with E-state index in [4.69, 9.17) is 4.89 Å². The summed E-state index contributed by atoms with van der Waals surface area (Å²) in [5.74, 6) is 0.416. The van der Waals surface area contributed by atoms with Crippen molar-refractivity contribution >= 4 is 8.25 Å². The quantitative estimate of drug-likeness (QED) is 0.391. The van der Waals surface area contributed by atoms with Gasteiger partial charge in [-0.3, -0.25) is 0 Å². The van der Waals surface area contributed by atoms with Crippen LogP contribution in [0.1, 0.15) is 13.8 Å². The van der Waals surface area contributed by atoms with Crippen molar-refractivity contribution in [2.45, 2.75) is 13.8 Å². The molecule has 0 aromatic rings. The molecule has 0 aliphatic carbocycles. The third-order valence-corrected chi connectivity index (χ3v) is 1.19. The molecule has 0 aliphatic rings. The van der Waals surface area contributed by atoms with Gasteiger partial charge in [0, 0.05) is 0 Å². The Hall–Kier alpha value is -0.530. The lowest BCUT2D eigenvalue weighted by Crippen LogP contribution is -1.76. The molecule has 0 radical (unpaired) electrons. The molecular weight excluding hydrogens is 151 g/mol. The second kappa shape index (κ2) is 4.31. The monoisotopic (exact) mass is 162 g/mol. The Bertz CT molecular complexity index is 183. The van der Waals surface area contributed by atoms with Crippen LogP contribution in [-0.4, -0.2) is 4.89 Å². The van der Waals surface area contributed by atoms with E-state index in [0.717, 1.165) is 5.57 Å². The minimum absolute atomic E-state index is 0.416. The van der Waals surface area contributed by atoms with Gasteiger partial charge in [-0.15, -0.1) is 0 Å². The average Bonchev–Trinajstić information content (AvgIpc) is 1.58. The highest BCUT2D eigenvalue weighted by Crippen LogP contribution is 2.20. The number of hydrogen-bond acceptors (Lipinski definition) is 2. The number of rotatable bonds is 3. The molecule has 1 atom stereocenters. The Kier molecular flexibility index (Phi) is 4.08. The summed E-state index contributed by atoms with van der Waals surface area (Å²) in [5.41, 5.74) is 0.792. The lowest BCUT2D eigenvalue weighted by Gasteiger charge is -1.99. The molecule has 0 aromatic heterocycles. The first-order chi connectivity index (χ1) is 4.52. The van der Waals surface area contributed by atoms with Crippen LogP contribution in [-0.2, 0) is 9.09 Å². The van der Waals surface area contributed by atoms with E-state index in [2.05, 4.69) is 11.1 Å². The van der Waals surface area contributed by atoms with Crippen molar-refractivity contribution in [1.82, 2.24) is 0 Å². The van der Waals surface area contributed by atoms with Gasteiger partial charge in [-0.1, -0.05) is 12.2 Å². The van der Waals surface area contributed by atoms with E-state index in [-0.39, 0.29) is 0 Å². The smallest absolute Gasteiger partial charge is 0.364 e. The maximum atomic E-state index is 10.1. The maximum absolute atomic E-state index is 10.1. The zero-order valence-corrected chi connectivity index (χ0v) is 7.05. The van der Waals surface area contributed by atoms with E-state index in [1.54, 1.807) is 19.9 Å². The lowest BCUT2D eigenvalue weighted by molar-refractivity contribution is 0.352. The first kappa shape index (κ1) is 9.47. The molecule has 0 fully saturated rings. The highest BCUT2D eigenvalue weighted by molar-refractivity contribution is 7.32. The largest absolute Gasteiger partial charge is 0.431 e. The Balaban J connectivity index is 3.95. The van der Waals surface area contributed by atoms with Gasteiger partial charge in [0.05, 0.1) is 0 Å². The normalized spacial score (nSPS) is 14.5. The highest BCUT2D eigenvalue weighted by Gasteiger charge is 1.92. The zero-order valence-electron chi connectivity index (χ0n) is 6.05. The van der Waals surface area contributed by atoms with Gasteiger partial charge in [-0.2, -0.15) is 0 Å². The molecule has 0 amide bonds. The van der Waals surface area contributed by atoms with Crippen LogP contribution in [0.2, 0.25) is 0 Å². The summed E-state index contributed by atoms with van der Waals surface area (Å²) in [6.45, 7) is 6.96. The van der Waals surface area contributed by atoms with Gasteiger partial charge in [-0.25, -0.2) is 4.57 Å². The molecule has 0 saturated carbocycles. The van der Waals surface area contributed by atoms with E-state index in [1.165, 1.54) is 0 Å². The van der Waals surface area contributed by atoms with Crippen LogP contribution in [0.4, 0.5) is 0 Å². The molecule has 1 unspecified atom stereocenters. The fourth-order valence-electron chi connectivity index (χ4n) is 0.514. The van der Waals surface area contributed by atoms with Crippen molar-refractivity contribution in [3.05, 3.63) is 24.0 Å². The Labute approximate surface area is 61.0 Å². The van der Waals surface area contributed by atoms with E-state index in [1.807, 2.05) is 0 Å². The standard InChI is InChI=1S/C6H11O3P/c1-5(2)4-6(3)9-10(7)8/h4,10H,1H2,2-3H3,(H,7,8)/b6-4-. The number of hydrogen-bond donors (Lipinski definition) is 1. The van der Waals surface area contributed by atoms with Crippen molar-refractivity contribution < 1.29 is 14.0 Å². The van der Waals surface area contributed by atoms with E-state index < -0.39 is 8.25 Å². The minimum Gasteiger partial charge on any atom is -0.431 e. The summed E-state index contributed by atoms with van der Waals surface area (Å²) in [6, 6.07) is 0. The van der Waals surface area contributed by atoms with Crippen molar-refractivity contribution in [2.24, 2.45) is 0 Å². The number of allylic oxidation sites excluding steroid dienone is 3. The maximum Gasteiger partial charge on any atom is 0.364 e. The van der Waals surface area contributed by atoms with Crippen LogP contribution in [0.25, 0.3) is 0 Å². The van der Waals surface area contributed by atoms with Crippen molar-refractivity contribution in [1.29, 1.82) is 0 Å². The van der Waals surface area contributed by atoms with Gasteiger partial charge >= 0.3 is 8.25 Å². The molecular formula is C6H11O3P. The molecule has 0 aromatic carbocycles. The molecule has 4 heteroatoms. The molecule has 0 rings (SSSR count). The molecule has 3 nitrogen and oxygen atoms in total. The molecule has 0 saturated heterocycles. The van der Waals surface area contributed by atoms with E-state index in [9.17, 15) is 4.57 Å². The van der Waals surface area contributed by atoms with Gasteiger partial charge in [0.2, 0.25) is 0 Å². The van der Waals surface area contributed by atoms with Crippen LogP contribution >= 0.6 is 8.25 Å². The lowest BCUT2D eigenvalue weighted by atomic mass is 10.3. The summed E-state index contributed by atoms with van der Waals surface area (Å²) in [5, 5.41) is 0. The molecule has 0 heterocycles. The molecule has 58 valence electrons. The van der Waals surface area contributed by atoms with Gasteiger partial charge < -0.3 is 9.42 Å². The summed E-state index contributed by atoms with van der Waals surface area (Å²) < 4.78 is 14.5. The predicted molar refractivity (Wildman–Crippen MR) is 40.9 cm³/mol. The summed E-state index contributed by atoms with van der Waals surface area (Å²) in [6.07, 6.45) is 1.60. The summed E-state index contributed by atoms with van der Waals surface area (Å²) >= 11 is 0.